The Bertz CT molecular complexity index is 948. The summed E-state index contributed by atoms with van der Waals surface area (Å²) in [6.45, 7) is 4.55. The average molecular weight is 346 g/mol. The lowest BCUT2D eigenvalue weighted by Gasteiger charge is -2.09. The average Bonchev–Trinajstić information content (AvgIpc) is 2.65. The predicted octanol–water partition coefficient (Wildman–Crippen LogP) is 5.14. The second-order valence-electron chi connectivity index (χ2n) is 6.03. The van der Waals surface area contributed by atoms with Crippen LogP contribution < -0.4 is 10.1 Å². The predicted molar refractivity (Wildman–Crippen MR) is 106 cm³/mol. The lowest BCUT2D eigenvalue weighted by molar-refractivity contribution is 0.102. The minimum atomic E-state index is -0.157. The topological polar surface area (TPSA) is 51.2 Å². The molecule has 0 saturated carbocycles. The molecule has 0 bridgehead atoms. The summed E-state index contributed by atoms with van der Waals surface area (Å²) in [7, 11) is 0. The summed E-state index contributed by atoms with van der Waals surface area (Å²) in [5.74, 6) is 0.567. The van der Waals surface area contributed by atoms with Gasteiger partial charge in [-0.05, 0) is 49.7 Å². The van der Waals surface area contributed by atoms with Crippen LogP contribution in [-0.4, -0.2) is 17.5 Å². The zero-order valence-electron chi connectivity index (χ0n) is 15.0. The third kappa shape index (κ3) is 4.48. The molecule has 4 heteroatoms. The SMILES string of the molecule is CCC=CCOc1cccc(NC(=O)c2ccc3nc(C)ccc3c2)c1. The van der Waals surface area contributed by atoms with E-state index in [4.69, 9.17) is 4.74 Å². The lowest BCUT2D eigenvalue weighted by Crippen LogP contribution is -2.12. The highest BCUT2D eigenvalue weighted by atomic mass is 16.5. The van der Waals surface area contributed by atoms with Gasteiger partial charge in [0.1, 0.15) is 12.4 Å². The molecule has 0 spiro atoms. The molecule has 1 aromatic heterocycles. The Morgan fingerprint density at radius 2 is 2.00 bits per heavy atom. The number of ether oxygens (including phenoxy) is 1. The Labute approximate surface area is 153 Å². The number of benzene rings is 2. The van der Waals surface area contributed by atoms with Crippen LogP contribution in [0, 0.1) is 6.92 Å². The van der Waals surface area contributed by atoms with Crippen molar-refractivity contribution < 1.29 is 9.53 Å². The quantitative estimate of drug-likeness (QED) is 0.629. The highest BCUT2D eigenvalue weighted by Crippen LogP contribution is 2.20. The van der Waals surface area contributed by atoms with Crippen molar-refractivity contribution in [1.82, 2.24) is 4.98 Å². The molecule has 0 aliphatic heterocycles. The van der Waals surface area contributed by atoms with Gasteiger partial charge in [0.05, 0.1) is 5.52 Å². The van der Waals surface area contributed by atoms with Gasteiger partial charge in [-0.3, -0.25) is 9.78 Å². The van der Waals surface area contributed by atoms with Gasteiger partial charge in [0.15, 0.2) is 0 Å². The molecule has 26 heavy (non-hydrogen) atoms. The van der Waals surface area contributed by atoms with Crippen molar-refractivity contribution in [2.75, 3.05) is 11.9 Å². The van der Waals surface area contributed by atoms with E-state index in [0.29, 0.717) is 17.9 Å². The molecule has 1 amide bonds. The number of aryl methyl sites for hydroxylation is 1. The van der Waals surface area contributed by atoms with Crippen LogP contribution in [0.3, 0.4) is 0 Å². The fourth-order valence-electron chi connectivity index (χ4n) is 2.61. The summed E-state index contributed by atoms with van der Waals surface area (Å²) >= 11 is 0. The zero-order chi connectivity index (χ0) is 18.4. The summed E-state index contributed by atoms with van der Waals surface area (Å²) in [5.41, 5.74) is 3.15. The number of nitrogens with zero attached hydrogens (tertiary/aromatic N) is 1. The Balaban J connectivity index is 1.71. The summed E-state index contributed by atoms with van der Waals surface area (Å²) in [6, 6.07) is 16.8. The van der Waals surface area contributed by atoms with E-state index in [0.717, 1.165) is 28.8 Å². The molecule has 0 atom stereocenters. The van der Waals surface area contributed by atoms with Crippen LogP contribution in [0.25, 0.3) is 10.9 Å². The van der Waals surface area contributed by atoms with Crippen molar-refractivity contribution in [2.24, 2.45) is 0 Å². The molecule has 0 aliphatic rings. The lowest BCUT2D eigenvalue weighted by atomic mass is 10.1. The molecule has 1 N–H and O–H groups in total. The zero-order valence-corrected chi connectivity index (χ0v) is 15.0. The summed E-state index contributed by atoms with van der Waals surface area (Å²) < 4.78 is 5.66. The fourth-order valence-corrected chi connectivity index (χ4v) is 2.61. The number of aromatic nitrogens is 1. The van der Waals surface area contributed by atoms with Gasteiger partial charge in [-0.1, -0.05) is 31.2 Å². The number of rotatable bonds is 6. The van der Waals surface area contributed by atoms with Gasteiger partial charge in [0.2, 0.25) is 0 Å². The van der Waals surface area contributed by atoms with E-state index in [9.17, 15) is 4.79 Å². The van der Waals surface area contributed by atoms with Crippen molar-refractivity contribution in [1.29, 1.82) is 0 Å². The standard InChI is InChI=1S/C22H22N2O2/c1-3-4-5-13-26-20-8-6-7-19(15-20)24-22(25)18-11-12-21-17(14-18)10-9-16(2)23-21/h4-12,14-15H,3,13H2,1-2H3,(H,24,25). The fraction of sp³-hybridized carbons (Fsp3) is 0.182. The molecular weight excluding hydrogens is 324 g/mol. The molecule has 132 valence electrons. The number of carbonyl (C=O) groups is 1. The molecule has 3 rings (SSSR count). The van der Waals surface area contributed by atoms with Crippen LogP contribution in [0.4, 0.5) is 5.69 Å². The second-order valence-corrected chi connectivity index (χ2v) is 6.03. The third-order valence-electron chi connectivity index (χ3n) is 3.93. The monoisotopic (exact) mass is 346 g/mol. The number of hydrogen-bond acceptors (Lipinski definition) is 3. The summed E-state index contributed by atoms with van der Waals surface area (Å²) in [4.78, 5) is 17.0. The molecule has 2 aromatic carbocycles. The molecule has 1 heterocycles. The van der Waals surface area contributed by atoms with E-state index in [1.165, 1.54) is 0 Å². The first-order chi connectivity index (χ1) is 12.7. The maximum absolute atomic E-state index is 12.6. The van der Waals surface area contributed by atoms with Crippen molar-refractivity contribution in [3.8, 4) is 5.75 Å². The first kappa shape index (κ1) is 17.7. The summed E-state index contributed by atoms with van der Waals surface area (Å²) in [5, 5.41) is 3.87. The Kier molecular flexibility index (Phi) is 5.64. The Hall–Kier alpha value is -3.14. The van der Waals surface area contributed by atoms with Crippen LogP contribution in [-0.2, 0) is 0 Å². The minimum Gasteiger partial charge on any atom is -0.489 e. The van der Waals surface area contributed by atoms with Gasteiger partial charge in [0.25, 0.3) is 5.91 Å². The Morgan fingerprint density at radius 3 is 2.85 bits per heavy atom. The molecular formula is C22H22N2O2. The van der Waals surface area contributed by atoms with Gasteiger partial charge in [-0.15, -0.1) is 0 Å². The van der Waals surface area contributed by atoms with Gasteiger partial charge >= 0.3 is 0 Å². The normalized spacial score (nSPS) is 11.0. The van der Waals surface area contributed by atoms with E-state index in [1.54, 1.807) is 6.07 Å². The largest absolute Gasteiger partial charge is 0.489 e. The van der Waals surface area contributed by atoms with E-state index >= 15 is 0 Å². The number of anilines is 1. The van der Waals surface area contributed by atoms with Crippen molar-refractivity contribution in [3.63, 3.8) is 0 Å². The first-order valence-electron chi connectivity index (χ1n) is 8.72. The highest BCUT2D eigenvalue weighted by molar-refractivity contribution is 6.06. The van der Waals surface area contributed by atoms with Crippen LogP contribution in [0.15, 0.2) is 66.7 Å². The molecule has 0 aliphatic carbocycles. The van der Waals surface area contributed by atoms with E-state index < -0.39 is 0 Å². The number of amides is 1. The smallest absolute Gasteiger partial charge is 0.255 e. The highest BCUT2D eigenvalue weighted by Gasteiger charge is 2.08. The molecule has 0 unspecified atom stereocenters. The number of carbonyl (C=O) groups excluding carboxylic acids is 1. The number of nitrogens with one attached hydrogen (secondary N) is 1. The van der Waals surface area contributed by atoms with Crippen LogP contribution in [0.1, 0.15) is 29.4 Å². The number of fused-ring (bicyclic) bond motifs is 1. The van der Waals surface area contributed by atoms with Crippen molar-refractivity contribution in [2.45, 2.75) is 20.3 Å². The van der Waals surface area contributed by atoms with Gasteiger partial charge in [-0.25, -0.2) is 0 Å². The van der Waals surface area contributed by atoms with Crippen molar-refractivity contribution in [3.05, 3.63) is 78.0 Å². The first-order valence-corrected chi connectivity index (χ1v) is 8.72. The molecule has 0 fully saturated rings. The van der Waals surface area contributed by atoms with E-state index in [-0.39, 0.29) is 5.91 Å². The molecule has 0 radical (unpaired) electrons. The Morgan fingerprint density at radius 1 is 1.12 bits per heavy atom. The van der Waals surface area contributed by atoms with Crippen LogP contribution >= 0.6 is 0 Å². The van der Waals surface area contributed by atoms with Crippen LogP contribution in [0.2, 0.25) is 0 Å². The number of hydrogen-bond donors (Lipinski definition) is 1. The third-order valence-corrected chi connectivity index (χ3v) is 3.93. The van der Waals surface area contributed by atoms with E-state index in [1.807, 2.05) is 61.5 Å². The second kappa shape index (κ2) is 8.30. The maximum Gasteiger partial charge on any atom is 0.255 e. The van der Waals surface area contributed by atoms with Crippen LogP contribution in [0.5, 0.6) is 5.75 Å². The van der Waals surface area contributed by atoms with Gasteiger partial charge in [-0.2, -0.15) is 0 Å². The molecule has 4 nitrogen and oxygen atoms in total. The molecule has 0 saturated heterocycles. The number of pyridine rings is 1. The molecule has 3 aromatic rings. The van der Waals surface area contributed by atoms with Crippen molar-refractivity contribution >= 4 is 22.5 Å². The minimum absolute atomic E-state index is 0.157. The maximum atomic E-state index is 12.6. The number of allylic oxidation sites excluding steroid dienone is 1. The van der Waals surface area contributed by atoms with E-state index in [2.05, 4.69) is 23.3 Å². The van der Waals surface area contributed by atoms with Gasteiger partial charge in [0, 0.05) is 28.4 Å². The summed E-state index contributed by atoms with van der Waals surface area (Å²) in [6.07, 6.45) is 5.03. The van der Waals surface area contributed by atoms with Gasteiger partial charge < -0.3 is 10.1 Å².